The van der Waals surface area contributed by atoms with Crippen LogP contribution in [0, 0.1) is 0 Å². The first-order valence-electron chi connectivity index (χ1n) is 6.57. The van der Waals surface area contributed by atoms with Gasteiger partial charge in [0.05, 0.1) is 13.2 Å². The van der Waals surface area contributed by atoms with Crippen molar-refractivity contribution in [3.8, 4) is 0 Å². The van der Waals surface area contributed by atoms with E-state index in [1.165, 1.54) is 0 Å². The summed E-state index contributed by atoms with van der Waals surface area (Å²) in [7, 11) is 0. The minimum atomic E-state index is 0.157. The summed E-state index contributed by atoms with van der Waals surface area (Å²) in [5.74, 6) is 0.157. The summed E-state index contributed by atoms with van der Waals surface area (Å²) in [4.78, 5) is 14.1. The topological polar surface area (TPSA) is 33.4 Å². The van der Waals surface area contributed by atoms with Crippen molar-refractivity contribution in [1.82, 2.24) is 4.90 Å². The number of benzene rings is 1. The van der Waals surface area contributed by atoms with Crippen LogP contribution in [0.4, 0.5) is 0 Å². The Balaban J connectivity index is 1.82. The second-order valence-electron chi connectivity index (χ2n) is 4.69. The van der Waals surface area contributed by atoms with Gasteiger partial charge < -0.3 is 9.64 Å². The van der Waals surface area contributed by atoms with Gasteiger partial charge in [-0.2, -0.15) is 4.57 Å². The Labute approximate surface area is 112 Å². The fourth-order valence-electron chi connectivity index (χ4n) is 2.42. The van der Waals surface area contributed by atoms with Crippen molar-refractivity contribution in [1.29, 1.82) is 0 Å². The van der Waals surface area contributed by atoms with Gasteiger partial charge in [0.25, 0.3) is 5.91 Å². The van der Waals surface area contributed by atoms with E-state index in [1.54, 1.807) is 0 Å². The Bertz CT molecular complexity index is 586. The molecule has 2 aromatic rings. The average molecular weight is 257 g/mol. The summed E-state index contributed by atoms with van der Waals surface area (Å²) in [5.41, 5.74) is 1.09. The van der Waals surface area contributed by atoms with Gasteiger partial charge in [0, 0.05) is 30.6 Å². The van der Waals surface area contributed by atoms with Crippen LogP contribution in [-0.2, 0) is 16.1 Å². The van der Waals surface area contributed by atoms with Gasteiger partial charge in [0.1, 0.15) is 0 Å². The number of carbonyl (C=O) groups is 1. The van der Waals surface area contributed by atoms with Gasteiger partial charge in [0.2, 0.25) is 12.1 Å². The van der Waals surface area contributed by atoms with Crippen LogP contribution in [0.25, 0.3) is 10.9 Å². The number of hydrogen-bond donors (Lipinski definition) is 0. The standard InChI is InChI=1S/C15H17N2O2/c18-15(16-8-10-19-11-9-16)12-17-7-3-5-13-4-1-2-6-14(13)17/h1-7H,8-12H2/q+1. The number of carbonyl (C=O) groups excluding carboxylic acids is 1. The number of nitrogens with zero attached hydrogens (tertiary/aromatic N) is 2. The van der Waals surface area contributed by atoms with Crippen molar-refractivity contribution in [3.05, 3.63) is 42.6 Å². The summed E-state index contributed by atoms with van der Waals surface area (Å²) in [5, 5.41) is 1.15. The Kier molecular flexibility index (Phi) is 3.42. The Morgan fingerprint density at radius 3 is 2.74 bits per heavy atom. The second-order valence-corrected chi connectivity index (χ2v) is 4.69. The van der Waals surface area contributed by atoms with Gasteiger partial charge in [-0.3, -0.25) is 4.79 Å². The van der Waals surface area contributed by atoms with Crippen molar-refractivity contribution in [2.24, 2.45) is 0 Å². The third-order valence-corrected chi connectivity index (χ3v) is 3.46. The molecule has 1 amide bonds. The lowest BCUT2D eigenvalue weighted by molar-refractivity contribution is -0.659. The van der Waals surface area contributed by atoms with Crippen LogP contribution in [0.15, 0.2) is 42.6 Å². The van der Waals surface area contributed by atoms with Crippen molar-refractivity contribution >= 4 is 16.8 Å². The van der Waals surface area contributed by atoms with Crippen molar-refractivity contribution in [2.75, 3.05) is 26.3 Å². The minimum Gasteiger partial charge on any atom is -0.378 e. The largest absolute Gasteiger partial charge is 0.378 e. The molecule has 1 aliphatic heterocycles. The van der Waals surface area contributed by atoms with E-state index in [0.29, 0.717) is 32.8 Å². The van der Waals surface area contributed by atoms with Gasteiger partial charge in [-0.25, -0.2) is 0 Å². The molecule has 19 heavy (non-hydrogen) atoms. The molecule has 1 aromatic carbocycles. The molecule has 1 saturated heterocycles. The quantitative estimate of drug-likeness (QED) is 0.752. The molecule has 0 spiro atoms. The molecule has 1 fully saturated rings. The van der Waals surface area contributed by atoms with Crippen LogP contribution >= 0.6 is 0 Å². The average Bonchev–Trinajstić information content (AvgIpc) is 2.48. The smallest absolute Gasteiger partial charge is 0.288 e. The van der Waals surface area contributed by atoms with E-state index < -0.39 is 0 Å². The highest BCUT2D eigenvalue weighted by Gasteiger charge is 2.21. The highest BCUT2D eigenvalue weighted by atomic mass is 16.5. The van der Waals surface area contributed by atoms with E-state index in [-0.39, 0.29) is 5.91 Å². The molecule has 0 aliphatic carbocycles. The lowest BCUT2D eigenvalue weighted by Gasteiger charge is -2.25. The summed E-state index contributed by atoms with van der Waals surface area (Å²) >= 11 is 0. The van der Waals surface area contributed by atoms with Crippen LogP contribution < -0.4 is 4.57 Å². The number of para-hydroxylation sites is 1. The third-order valence-electron chi connectivity index (χ3n) is 3.46. The van der Waals surface area contributed by atoms with Crippen molar-refractivity contribution in [3.63, 3.8) is 0 Å². The van der Waals surface area contributed by atoms with Gasteiger partial charge in [-0.05, 0) is 12.1 Å². The van der Waals surface area contributed by atoms with Crippen LogP contribution in [0.3, 0.4) is 0 Å². The number of ether oxygens (including phenoxy) is 1. The molecule has 4 nitrogen and oxygen atoms in total. The summed E-state index contributed by atoms with van der Waals surface area (Å²) in [6, 6.07) is 12.2. The van der Waals surface area contributed by atoms with Gasteiger partial charge in [-0.1, -0.05) is 12.1 Å². The molecule has 0 bridgehead atoms. The predicted octanol–water partition coefficient (Wildman–Crippen LogP) is 0.986. The third kappa shape index (κ3) is 2.58. The number of fused-ring (bicyclic) bond motifs is 1. The summed E-state index contributed by atoms with van der Waals surface area (Å²) in [6.45, 7) is 3.08. The minimum absolute atomic E-state index is 0.157. The zero-order valence-electron chi connectivity index (χ0n) is 10.8. The molecule has 0 saturated carbocycles. The zero-order valence-corrected chi connectivity index (χ0v) is 10.8. The maximum Gasteiger partial charge on any atom is 0.288 e. The molecule has 98 valence electrons. The Hall–Kier alpha value is -1.94. The molecule has 0 N–H and O–H groups in total. The van der Waals surface area contributed by atoms with Crippen molar-refractivity contribution < 1.29 is 14.1 Å². The van der Waals surface area contributed by atoms with E-state index in [1.807, 2.05) is 39.9 Å². The normalized spacial score (nSPS) is 15.7. The molecule has 0 atom stereocenters. The Morgan fingerprint density at radius 1 is 1.16 bits per heavy atom. The number of morpholine rings is 1. The van der Waals surface area contributed by atoms with Crippen LogP contribution in [0.2, 0.25) is 0 Å². The van der Waals surface area contributed by atoms with E-state index >= 15 is 0 Å². The molecule has 1 aliphatic rings. The molecule has 4 heteroatoms. The number of amides is 1. The first-order chi connectivity index (χ1) is 9.34. The first kappa shape index (κ1) is 12.1. The van der Waals surface area contributed by atoms with Gasteiger partial charge in [0.15, 0.2) is 6.20 Å². The van der Waals surface area contributed by atoms with Crippen molar-refractivity contribution in [2.45, 2.75) is 6.54 Å². The van der Waals surface area contributed by atoms with Crippen LogP contribution in [0.1, 0.15) is 0 Å². The lowest BCUT2D eigenvalue weighted by Crippen LogP contribution is -2.48. The predicted molar refractivity (Wildman–Crippen MR) is 71.5 cm³/mol. The number of hydrogen-bond acceptors (Lipinski definition) is 2. The molecule has 0 radical (unpaired) electrons. The van der Waals surface area contributed by atoms with Crippen LogP contribution in [0.5, 0.6) is 0 Å². The molecular weight excluding hydrogens is 240 g/mol. The highest BCUT2D eigenvalue weighted by molar-refractivity contribution is 5.77. The lowest BCUT2D eigenvalue weighted by atomic mass is 10.2. The highest BCUT2D eigenvalue weighted by Crippen LogP contribution is 2.08. The number of rotatable bonds is 2. The number of pyridine rings is 1. The molecule has 3 rings (SSSR count). The first-order valence-corrected chi connectivity index (χ1v) is 6.57. The number of aromatic nitrogens is 1. The Morgan fingerprint density at radius 2 is 1.89 bits per heavy atom. The van der Waals surface area contributed by atoms with E-state index in [0.717, 1.165) is 10.9 Å². The van der Waals surface area contributed by atoms with E-state index in [2.05, 4.69) is 12.1 Å². The maximum atomic E-state index is 12.3. The SMILES string of the molecule is O=C(C[n+]1cccc2ccccc21)N1CCOCC1. The molecule has 1 aromatic heterocycles. The maximum absolute atomic E-state index is 12.3. The molecule has 2 heterocycles. The van der Waals surface area contributed by atoms with Crippen LogP contribution in [-0.4, -0.2) is 37.1 Å². The zero-order chi connectivity index (χ0) is 13.1. The summed E-state index contributed by atoms with van der Waals surface area (Å²) < 4.78 is 7.28. The molecular formula is C15H17N2O2+. The fraction of sp³-hybridized carbons (Fsp3) is 0.333. The second kappa shape index (κ2) is 5.36. The summed E-state index contributed by atoms with van der Waals surface area (Å²) in [6.07, 6.45) is 1.96. The monoisotopic (exact) mass is 257 g/mol. The molecule has 0 unspecified atom stereocenters. The van der Waals surface area contributed by atoms with E-state index in [4.69, 9.17) is 4.74 Å². The fourth-order valence-corrected chi connectivity index (χ4v) is 2.42. The van der Waals surface area contributed by atoms with Gasteiger partial charge >= 0.3 is 0 Å². The van der Waals surface area contributed by atoms with E-state index in [9.17, 15) is 4.79 Å². The van der Waals surface area contributed by atoms with Gasteiger partial charge in [-0.15, -0.1) is 0 Å².